The molecule has 9 heteroatoms. The molecule has 7 nitrogen and oxygen atoms in total. The Labute approximate surface area is 165 Å². The Morgan fingerprint density at radius 2 is 1.93 bits per heavy atom. The van der Waals surface area contributed by atoms with Gasteiger partial charge < -0.3 is 9.64 Å². The van der Waals surface area contributed by atoms with E-state index in [0.29, 0.717) is 18.7 Å². The van der Waals surface area contributed by atoms with Crippen LogP contribution in [0, 0.1) is 5.82 Å². The van der Waals surface area contributed by atoms with Crippen molar-refractivity contribution in [3.05, 3.63) is 36.1 Å². The maximum atomic E-state index is 13.8. The molecule has 3 rings (SSSR count). The highest BCUT2D eigenvalue weighted by Gasteiger charge is 2.18. The second kappa shape index (κ2) is 9.29. The molecule has 2 aromatic rings. The van der Waals surface area contributed by atoms with Crippen LogP contribution in [0.3, 0.4) is 0 Å². The van der Waals surface area contributed by atoms with Crippen molar-refractivity contribution in [2.75, 3.05) is 42.2 Å². The van der Waals surface area contributed by atoms with E-state index < -0.39 is 10.0 Å². The topological polar surface area (TPSA) is 84.4 Å². The predicted molar refractivity (Wildman–Crippen MR) is 107 cm³/mol. The van der Waals surface area contributed by atoms with Gasteiger partial charge in [0.05, 0.1) is 11.4 Å². The summed E-state index contributed by atoms with van der Waals surface area (Å²) in [6.07, 6.45) is 3.73. The molecule has 1 aliphatic heterocycles. The van der Waals surface area contributed by atoms with E-state index in [1.807, 2.05) is 0 Å². The maximum absolute atomic E-state index is 13.8. The number of nitrogens with one attached hydrogen (secondary N) is 1. The predicted octanol–water partition coefficient (Wildman–Crippen LogP) is 3.05. The molecule has 0 saturated carbocycles. The van der Waals surface area contributed by atoms with Crippen LogP contribution in [0.25, 0.3) is 11.3 Å². The largest absolute Gasteiger partial charge is 0.385 e. The van der Waals surface area contributed by atoms with E-state index in [0.717, 1.165) is 37.2 Å². The Kier molecular flexibility index (Phi) is 6.79. The van der Waals surface area contributed by atoms with E-state index in [1.54, 1.807) is 18.2 Å². The summed E-state index contributed by atoms with van der Waals surface area (Å²) in [5.74, 6) is -0.193. The molecule has 152 valence electrons. The molecule has 0 radical (unpaired) electrons. The molecule has 0 spiro atoms. The van der Waals surface area contributed by atoms with Gasteiger partial charge in [0.15, 0.2) is 5.82 Å². The van der Waals surface area contributed by atoms with Gasteiger partial charge in [0.2, 0.25) is 10.0 Å². The molecule has 1 aliphatic rings. The lowest BCUT2D eigenvalue weighted by atomic mass is 10.0. The van der Waals surface area contributed by atoms with Gasteiger partial charge in [0.1, 0.15) is 5.82 Å². The lowest BCUT2D eigenvalue weighted by Gasteiger charge is -2.30. The second-order valence-corrected chi connectivity index (χ2v) is 8.62. The number of piperidine rings is 1. The van der Waals surface area contributed by atoms with Gasteiger partial charge in [0, 0.05) is 38.1 Å². The molecule has 0 bridgehead atoms. The van der Waals surface area contributed by atoms with E-state index >= 15 is 0 Å². The Morgan fingerprint density at radius 3 is 2.61 bits per heavy atom. The van der Waals surface area contributed by atoms with Crippen LogP contribution < -0.4 is 9.62 Å². The lowest BCUT2D eigenvalue weighted by Crippen LogP contribution is -2.30. The van der Waals surface area contributed by atoms with Gasteiger partial charge in [-0.05, 0) is 56.0 Å². The molecule has 0 aliphatic carbocycles. The van der Waals surface area contributed by atoms with Gasteiger partial charge in [-0.1, -0.05) is 0 Å². The van der Waals surface area contributed by atoms with Gasteiger partial charge in [0.25, 0.3) is 0 Å². The lowest BCUT2D eigenvalue weighted by molar-refractivity contribution is 0.199. The summed E-state index contributed by atoms with van der Waals surface area (Å²) in [6.45, 7) is 2.13. The van der Waals surface area contributed by atoms with Crippen molar-refractivity contribution in [3.8, 4) is 11.3 Å². The third-order valence-corrected chi connectivity index (χ3v) is 5.96. The number of rotatable bonds is 8. The summed E-state index contributed by atoms with van der Waals surface area (Å²) in [4.78, 5) is 2.16. The number of aromatic nitrogens is 2. The highest BCUT2D eigenvalue weighted by molar-refractivity contribution is 7.92. The van der Waals surface area contributed by atoms with Crippen molar-refractivity contribution < 1.29 is 17.5 Å². The number of anilines is 2. The molecule has 1 N–H and O–H groups in total. The van der Waals surface area contributed by atoms with Crippen LogP contribution in [0.2, 0.25) is 0 Å². The van der Waals surface area contributed by atoms with Crippen molar-refractivity contribution in [1.82, 2.24) is 10.2 Å². The standard InChI is InChI=1S/C19H25FN4O3S/c1-27-12-5-13-28(25,26)23-19-9-8-17(21-22-19)16-7-6-15(20)14-18(16)24-10-3-2-4-11-24/h6-9,14H,2-5,10-13H2,1H3,(H,22,23). The fraction of sp³-hybridized carbons (Fsp3) is 0.474. The van der Waals surface area contributed by atoms with Crippen LogP contribution >= 0.6 is 0 Å². The highest BCUT2D eigenvalue weighted by Crippen LogP contribution is 2.32. The quantitative estimate of drug-likeness (QED) is 0.676. The van der Waals surface area contributed by atoms with Gasteiger partial charge in [-0.25, -0.2) is 12.8 Å². The zero-order valence-corrected chi connectivity index (χ0v) is 16.7. The molecule has 1 aromatic heterocycles. The van der Waals surface area contributed by atoms with Crippen LogP contribution in [0.1, 0.15) is 25.7 Å². The number of halogens is 1. The minimum atomic E-state index is -3.51. The van der Waals surface area contributed by atoms with Gasteiger partial charge in [-0.3, -0.25) is 4.72 Å². The Morgan fingerprint density at radius 1 is 1.14 bits per heavy atom. The molecule has 0 amide bonds. The second-order valence-electron chi connectivity index (χ2n) is 6.78. The maximum Gasteiger partial charge on any atom is 0.234 e. The third kappa shape index (κ3) is 5.39. The minimum Gasteiger partial charge on any atom is -0.385 e. The van der Waals surface area contributed by atoms with E-state index in [4.69, 9.17) is 4.74 Å². The number of sulfonamides is 1. The van der Waals surface area contributed by atoms with Crippen LogP contribution in [0.5, 0.6) is 0 Å². The molecule has 0 atom stereocenters. The van der Waals surface area contributed by atoms with E-state index in [9.17, 15) is 12.8 Å². The Balaban J connectivity index is 1.78. The number of nitrogens with zero attached hydrogens (tertiary/aromatic N) is 3. The monoisotopic (exact) mass is 408 g/mol. The van der Waals surface area contributed by atoms with E-state index in [1.165, 1.54) is 25.7 Å². The fourth-order valence-corrected chi connectivity index (χ4v) is 4.28. The van der Waals surface area contributed by atoms with Gasteiger partial charge in [-0.2, -0.15) is 0 Å². The van der Waals surface area contributed by atoms with Crippen LogP contribution in [-0.4, -0.2) is 51.2 Å². The van der Waals surface area contributed by atoms with Crippen molar-refractivity contribution in [3.63, 3.8) is 0 Å². The first kappa shape index (κ1) is 20.5. The summed E-state index contributed by atoms with van der Waals surface area (Å²) < 4.78 is 45.2. The number of hydrogen-bond acceptors (Lipinski definition) is 6. The number of hydrogen-bond donors (Lipinski definition) is 1. The summed E-state index contributed by atoms with van der Waals surface area (Å²) in [5, 5.41) is 8.16. The zero-order valence-electron chi connectivity index (χ0n) is 15.9. The Hall–Kier alpha value is -2.26. The number of ether oxygens (including phenoxy) is 1. The summed E-state index contributed by atoms with van der Waals surface area (Å²) in [5.41, 5.74) is 2.15. The van der Waals surface area contributed by atoms with Crippen molar-refractivity contribution in [1.29, 1.82) is 0 Å². The molecule has 1 fully saturated rings. The molecule has 1 aromatic carbocycles. The SMILES string of the molecule is COCCCS(=O)(=O)Nc1ccc(-c2ccc(F)cc2N2CCCCC2)nn1. The summed E-state index contributed by atoms with van der Waals surface area (Å²) in [7, 11) is -1.98. The molecule has 1 saturated heterocycles. The third-order valence-electron chi connectivity index (χ3n) is 4.62. The normalized spacial score (nSPS) is 14.9. The highest BCUT2D eigenvalue weighted by atomic mass is 32.2. The zero-order chi connectivity index (χ0) is 20.0. The van der Waals surface area contributed by atoms with Crippen molar-refractivity contribution in [2.45, 2.75) is 25.7 Å². The average molecular weight is 408 g/mol. The van der Waals surface area contributed by atoms with E-state index in [-0.39, 0.29) is 17.4 Å². The first-order chi connectivity index (χ1) is 13.5. The molecular formula is C19H25FN4O3S. The molecule has 28 heavy (non-hydrogen) atoms. The van der Waals surface area contributed by atoms with Gasteiger partial charge >= 0.3 is 0 Å². The summed E-state index contributed by atoms with van der Waals surface area (Å²) in [6, 6.07) is 7.88. The van der Waals surface area contributed by atoms with Crippen molar-refractivity contribution in [2.24, 2.45) is 0 Å². The van der Waals surface area contributed by atoms with E-state index in [2.05, 4.69) is 19.8 Å². The molecule has 0 unspecified atom stereocenters. The van der Waals surface area contributed by atoms with Gasteiger partial charge in [-0.15, -0.1) is 10.2 Å². The van der Waals surface area contributed by atoms with Crippen LogP contribution in [-0.2, 0) is 14.8 Å². The Bertz CT molecular complexity index is 885. The fourth-order valence-electron chi connectivity index (χ4n) is 3.25. The molecule has 2 heterocycles. The van der Waals surface area contributed by atoms with Crippen LogP contribution in [0.15, 0.2) is 30.3 Å². The average Bonchev–Trinajstić information content (AvgIpc) is 2.69. The minimum absolute atomic E-state index is 0.0542. The number of benzene rings is 1. The smallest absolute Gasteiger partial charge is 0.234 e. The number of methoxy groups -OCH3 is 1. The van der Waals surface area contributed by atoms with Crippen LogP contribution in [0.4, 0.5) is 15.9 Å². The van der Waals surface area contributed by atoms with Crippen molar-refractivity contribution >= 4 is 21.5 Å². The first-order valence-electron chi connectivity index (χ1n) is 9.36. The summed E-state index contributed by atoms with van der Waals surface area (Å²) >= 11 is 0. The molecular weight excluding hydrogens is 383 g/mol. The first-order valence-corrected chi connectivity index (χ1v) is 11.0.